The van der Waals surface area contributed by atoms with Gasteiger partial charge in [-0.1, -0.05) is 0 Å². The van der Waals surface area contributed by atoms with Crippen molar-refractivity contribution in [3.63, 3.8) is 0 Å². The Balaban J connectivity index is 2.18. The number of hydrogen-bond donors (Lipinski definition) is 1. The third-order valence-corrected chi connectivity index (χ3v) is 5.39. The van der Waals surface area contributed by atoms with Gasteiger partial charge in [-0.2, -0.15) is 0 Å². The zero-order valence-corrected chi connectivity index (χ0v) is 11.3. The molecule has 1 aromatic heterocycles. The van der Waals surface area contributed by atoms with E-state index in [0.29, 0.717) is 19.5 Å². The van der Waals surface area contributed by atoms with Crippen molar-refractivity contribution in [2.45, 2.75) is 19.4 Å². The Morgan fingerprint density at radius 1 is 1.73 bits per heavy atom. The maximum absolute atomic E-state index is 12.0. The monoisotopic (exact) mass is 337 g/mol. The van der Waals surface area contributed by atoms with Crippen LogP contribution >= 0.6 is 33.9 Å². The third kappa shape index (κ3) is 2.19. The highest BCUT2D eigenvalue weighted by molar-refractivity contribution is 14.1. The molecule has 1 aliphatic heterocycles. The number of hydrogen-bond acceptors (Lipinski definition) is 3. The number of halogens is 1. The van der Waals surface area contributed by atoms with Gasteiger partial charge in [-0.25, -0.2) is 0 Å². The Kier molecular flexibility index (Phi) is 3.32. The lowest BCUT2D eigenvalue weighted by molar-refractivity contribution is 0.0768. The molecular weight excluding hydrogens is 325 g/mol. The second-order valence-electron chi connectivity index (χ2n) is 3.76. The summed E-state index contributed by atoms with van der Waals surface area (Å²) in [6.45, 7) is 3.16. The standard InChI is InChI=1S/C10H12INO2S/c1-6-5-15-9(8(6)11)10(14)12-3-2-7(13)4-12/h5,7,13H,2-4H2,1H3/t7-/m0/s1. The van der Waals surface area contributed by atoms with Crippen LogP contribution in [0.5, 0.6) is 0 Å². The van der Waals surface area contributed by atoms with Crippen molar-refractivity contribution < 1.29 is 9.90 Å². The van der Waals surface area contributed by atoms with Crippen LogP contribution < -0.4 is 0 Å². The fourth-order valence-corrected chi connectivity index (χ4v) is 3.53. The molecule has 1 saturated heterocycles. The van der Waals surface area contributed by atoms with Gasteiger partial charge in [-0.05, 0) is 46.9 Å². The number of aliphatic hydroxyl groups is 1. The van der Waals surface area contributed by atoms with Gasteiger partial charge < -0.3 is 10.0 Å². The van der Waals surface area contributed by atoms with Crippen LogP contribution in [0.2, 0.25) is 0 Å². The Hall–Kier alpha value is -0.140. The number of thiophene rings is 1. The molecule has 82 valence electrons. The number of rotatable bonds is 1. The van der Waals surface area contributed by atoms with E-state index in [-0.39, 0.29) is 12.0 Å². The molecule has 15 heavy (non-hydrogen) atoms. The molecule has 0 saturated carbocycles. The minimum absolute atomic E-state index is 0.0639. The molecule has 5 heteroatoms. The van der Waals surface area contributed by atoms with Crippen LogP contribution in [0.4, 0.5) is 0 Å². The minimum Gasteiger partial charge on any atom is -0.391 e. The van der Waals surface area contributed by atoms with Crippen LogP contribution in [0.3, 0.4) is 0 Å². The summed E-state index contributed by atoms with van der Waals surface area (Å²) in [6, 6.07) is 0. The van der Waals surface area contributed by atoms with E-state index in [1.54, 1.807) is 4.90 Å². The van der Waals surface area contributed by atoms with Gasteiger partial charge >= 0.3 is 0 Å². The first-order valence-corrected chi connectivity index (χ1v) is 6.76. The van der Waals surface area contributed by atoms with Gasteiger partial charge in [-0.15, -0.1) is 11.3 Å². The largest absolute Gasteiger partial charge is 0.391 e. The molecule has 2 heterocycles. The lowest BCUT2D eigenvalue weighted by atomic mass is 10.3. The highest BCUT2D eigenvalue weighted by Crippen LogP contribution is 2.26. The highest BCUT2D eigenvalue weighted by atomic mass is 127. The van der Waals surface area contributed by atoms with Crippen molar-refractivity contribution in [2.75, 3.05) is 13.1 Å². The predicted octanol–water partition coefficient (Wildman–Crippen LogP) is 1.87. The average molecular weight is 337 g/mol. The van der Waals surface area contributed by atoms with E-state index >= 15 is 0 Å². The Labute approximate surface area is 106 Å². The molecule has 1 N–H and O–H groups in total. The maximum atomic E-state index is 12.0. The van der Waals surface area contributed by atoms with Gasteiger partial charge in [0, 0.05) is 16.7 Å². The number of likely N-dealkylation sites (tertiary alicyclic amines) is 1. The Morgan fingerprint density at radius 3 is 2.93 bits per heavy atom. The quantitative estimate of drug-likeness (QED) is 0.795. The molecule has 0 bridgehead atoms. The van der Waals surface area contributed by atoms with E-state index in [1.165, 1.54) is 11.3 Å². The first kappa shape index (κ1) is 11.3. The van der Waals surface area contributed by atoms with Crippen LogP contribution in [0, 0.1) is 10.5 Å². The lowest BCUT2D eigenvalue weighted by Crippen LogP contribution is -2.29. The number of carbonyl (C=O) groups is 1. The van der Waals surface area contributed by atoms with Gasteiger partial charge in [0.25, 0.3) is 5.91 Å². The summed E-state index contributed by atoms with van der Waals surface area (Å²) >= 11 is 3.70. The summed E-state index contributed by atoms with van der Waals surface area (Å²) in [5, 5.41) is 11.4. The summed E-state index contributed by atoms with van der Waals surface area (Å²) in [7, 11) is 0. The number of nitrogens with zero attached hydrogens (tertiary/aromatic N) is 1. The molecule has 1 atom stereocenters. The van der Waals surface area contributed by atoms with Gasteiger partial charge in [0.1, 0.15) is 4.88 Å². The molecule has 0 aliphatic carbocycles. The van der Waals surface area contributed by atoms with Crippen molar-refractivity contribution in [1.29, 1.82) is 0 Å². The van der Waals surface area contributed by atoms with Crippen molar-refractivity contribution in [3.05, 3.63) is 19.4 Å². The van der Waals surface area contributed by atoms with E-state index in [1.807, 2.05) is 12.3 Å². The zero-order chi connectivity index (χ0) is 11.0. The number of aryl methyl sites for hydroxylation is 1. The molecule has 1 aromatic rings. The molecule has 3 nitrogen and oxygen atoms in total. The van der Waals surface area contributed by atoms with Crippen molar-refractivity contribution in [3.8, 4) is 0 Å². The maximum Gasteiger partial charge on any atom is 0.265 e. The van der Waals surface area contributed by atoms with E-state index in [9.17, 15) is 9.90 Å². The lowest BCUT2D eigenvalue weighted by Gasteiger charge is -2.14. The summed E-state index contributed by atoms with van der Waals surface area (Å²) < 4.78 is 1.05. The molecule has 0 aromatic carbocycles. The number of amides is 1. The van der Waals surface area contributed by atoms with Crippen molar-refractivity contribution >= 4 is 39.8 Å². The summed E-state index contributed by atoms with van der Waals surface area (Å²) in [6.07, 6.45) is 0.361. The molecule has 2 rings (SSSR count). The molecule has 1 aliphatic rings. The van der Waals surface area contributed by atoms with E-state index < -0.39 is 0 Å². The molecule has 0 radical (unpaired) electrons. The number of carbonyl (C=O) groups excluding carboxylic acids is 1. The minimum atomic E-state index is -0.340. The molecule has 0 unspecified atom stereocenters. The van der Waals surface area contributed by atoms with Gasteiger partial charge in [0.05, 0.1) is 6.10 Å². The van der Waals surface area contributed by atoms with Crippen LogP contribution in [0.1, 0.15) is 21.7 Å². The average Bonchev–Trinajstić information content (AvgIpc) is 2.75. The highest BCUT2D eigenvalue weighted by Gasteiger charge is 2.27. The zero-order valence-electron chi connectivity index (χ0n) is 8.36. The predicted molar refractivity (Wildman–Crippen MR) is 68.3 cm³/mol. The molecule has 1 amide bonds. The van der Waals surface area contributed by atoms with Crippen LogP contribution in [0.15, 0.2) is 5.38 Å². The van der Waals surface area contributed by atoms with Crippen LogP contribution in [-0.2, 0) is 0 Å². The summed E-state index contributed by atoms with van der Waals surface area (Å²) in [5.41, 5.74) is 1.16. The molecule has 0 spiro atoms. The third-order valence-electron chi connectivity index (χ3n) is 2.54. The Bertz CT molecular complexity index is 391. The second-order valence-corrected chi connectivity index (χ2v) is 5.71. The summed E-state index contributed by atoms with van der Waals surface area (Å²) in [5.74, 6) is 0.0639. The van der Waals surface area contributed by atoms with Gasteiger partial charge in [0.15, 0.2) is 0 Å². The number of aliphatic hydroxyl groups excluding tert-OH is 1. The summed E-state index contributed by atoms with van der Waals surface area (Å²) in [4.78, 5) is 14.6. The SMILES string of the molecule is Cc1csc(C(=O)N2CC[C@H](O)C2)c1I. The number of β-amino-alcohol motifs (C(OH)–C–C–N with tert-alkyl or cyclic N) is 1. The first-order valence-electron chi connectivity index (χ1n) is 4.80. The van der Waals surface area contributed by atoms with E-state index in [2.05, 4.69) is 22.6 Å². The van der Waals surface area contributed by atoms with Gasteiger partial charge in [0.2, 0.25) is 0 Å². The normalized spacial score (nSPS) is 21.0. The Morgan fingerprint density at radius 2 is 2.47 bits per heavy atom. The van der Waals surface area contributed by atoms with Gasteiger partial charge in [-0.3, -0.25) is 4.79 Å². The molecular formula is C10H12INO2S. The second kappa shape index (κ2) is 4.39. The fraction of sp³-hybridized carbons (Fsp3) is 0.500. The van der Waals surface area contributed by atoms with E-state index in [0.717, 1.165) is 14.0 Å². The fourth-order valence-electron chi connectivity index (χ4n) is 1.64. The van der Waals surface area contributed by atoms with Crippen LogP contribution in [-0.4, -0.2) is 35.1 Å². The topological polar surface area (TPSA) is 40.5 Å². The smallest absolute Gasteiger partial charge is 0.265 e. The molecule has 1 fully saturated rings. The van der Waals surface area contributed by atoms with Crippen LogP contribution in [0.25, 0.3) is 0 Å². The first-order chi connectivity index (χ1) is 7.09. The van der Waals surface area contributed by atoms with Crippen molar-refractivity contribution in [1.82, 2.24) is 4.90 Å². The van der Waals surface area contributed by atoms with E-state index in [4.69, 9.17) is 0 Å². The van der Waals surface area contributed by atoms with Crippen molar-refractivity contribution in [2.24, 2.45) is 0 Å².